The summed E-state index contributed by atoms with van der Waals surface area (Å²) in [4.78, 5) is 23.1. The molecule has 0 aliphatic carbocycles. The molecule has 0 aromatic heterocycles. The predicted molar refractivity (Wildman–Crippen MR) is 80.8 cm³/mol. The largest absolute Gasteiger partial charge is 0.457 e. The topological polar surface area (TPSA) is 79.2 Å². The van der Waals surface area contributed by atoms with E-state index in [1.165, 1.54) is 36.4 Å². The van der Waals surface area contributed by atoms with E-state index in [2.05, 4.69) is 5.32 Å². The molecule has 0 saturated heterocycles. The zero-order valence-corrected chi connectivity index (χ0v) is 12.4. The highest BCUT2D eigenvalue weighted by Crippen LogP contribution is 2.15. The summed E-state index contributed by atoms with van der Waals surface area (Å²) in [6.45, 7) is -0.400. The maximum absolute atomic E-state index is 13.5. The average Bonchev–Trinajstić information content (AvgIpc) is 2.57. The number of rotatable bonds is 5. The van der Waals surface area contributed by atoms with Crippen molar-refractivity contribution in [3.63, 3.8) is 0 Å². The van der Waals surface area contributed by atoms with Crippen molar-refractivity contribution in [1.82, 2.24) is 0 Å². The predicted octanol–water partition coefficient (Wildman–Crippen LogP) is 3.17. The molecule has 7 heteroatoms. The second-order valence-electron chi connectivity index (χ2n) is 4.75. The molecule has 5 nitrogen and oxygen atoms in total. The van der Waals surface area contributed by atoms with Gasteiger partial charge in [-0.15, -0.1) is 0 Å². The van der Waals surface area contributed by atoms with E-state index in [0.717, 1.165) is 6.07 Å². The first-order chi connectivity index (χ1) is 11.5. The third-order valence-electron chi connectivity index (χ3n) is 3.03. The summed E-state index contributed by atoms with van der Waals surface area (Å²) in [5, 5.41) is 10.9. The molecule has 0 unspecified atom stereocenters. The average molecular weight is 330 g/mol. The van der Waals surface area contributed by atoms with E-state index >= 15 is 0 Å². The fraction of sp³-hybridized carbons (Fsp3) is 0.118. The molecular formula is C17H12F2N2O3. The molecule has 0 aliphatic heterocycles. The maximum atomic E-state index is 13.5. The summed E-state index contributed by atoms with van der Waals surface area (Å²) in [5.74, 6) is -3.25. The van der Waals surface area contributed by atoms with Gasteiger partial charge in [0, 0.05) is 11.3 Å². The van der Waals surface area contributed by atoms with E-state index in [1.54, 1.807) is 6.07 Å². The van der Waals surface area contributed by atoms with Gasteiger partial charge in [-0.3, -0.25) is 4.79 Å². The molecular weight excluding hydrogens is 318 g/mol. The molecule has 122 valence electrons. The summed E-state index contributed by atoms with van der Waals surface area (Å²) in [5.41, 5.74) is 0.539. The second kappa shape index (κ2) is 7.83. The molecule has 2 aromatic carbocycles. The molecule has 0 atom stereocenters. The van der Waals surface area contributed by atoms with Crippen LogP contribution >= 0.6 is 0 Å². The van der Waals surface area contributed by atoms with E-state index in [1.807, 2.05) is 0 Å². The van der Waals surface area contributed by atoms with Crippen LogP contribution in [0.2, 0.25) is 0 Å². The maximum Gasteiger partial charge on any atom is 0.338 e. The number of esters is 1. The summed E-state index contributed by atoms with van der Waals surface area (Å²) in [7, 11) is 0. The van der Waals surface area contributed by atoms with Gasteiger partial charge in [-0.2, -0.15) is 5.26 Å². The van der Waals surface area contributed by atoms with E-state index in [-0.39, 0.29) is 17.5 Å². The summed E-state index contributed by atoms with van der Waals surface area (Å²) < 4.78 is 31.5. The number of hydrogen-bond acceptors (Lipinski definition) is 4. The zero-order valence-electron chi connectivity index (χ0n) is 12.4. The van der Waals surface area contributed by atoms with Gasteiger partial charge >= 0.3 is 5.97 Å². The standard InChI is InChI=1S/C17H12F2N2O3/c18-14-3-1-2-12(16(14)19)10-24-17(23)11-4-6-13(7-5-11)21-15(22)8-9-20/h1-7H,8,10H2,(H,21,22). The number of ether oxygens (including phenoxy) is 1. The van der Waals surface area contributed by atoms with E-state index in [9.17, 15) is 18.4 Å². The van der Waals surface area contributed by atoms with Crippen molar-refractivity contribution in [3.8, 4) is 6.07 Å². The number of benzene rings is 2. The molecule has 0 bridgehead atoms. The number of anilines is 1. The minimum atomic E-state index is -1.05. The molecule has 0 saturated carbocycles. The summed E-state index contributed by atoms with van der Waals surface area (Å²) in [6.07, 6.45) is -0.275. The molecule has 1 amide bonds. The molecule has 0 radical (unpaired) electrons. The van der Waals surface area contributed by atoms with Crippen molar-refractivity contribution >= 4 is 17.6 Å². The van der Waals surface area contributed by atoms with Crippen LogP contribution < -0.4 is 5.32 Å². The minimum absolute atomic E-state index is 0.0660. The van der Waals surface area contributed by atoms with Crippen LogP contribution in [0, 0.1) is 23.0 Å². The van der Waals surface area contributed by atoms with Crippen LogP contribution in [0.5, 0.6) is 0 Å². The Labute approximate surface area is 136 Å². The van der Waals surface area contributed by atoms with Crippen molar-refractivity contribution in [2.24, 2.45) is 0 Å². The van der Waals surface area contributed by atoms with Crippen LogP contribution in [0.15, 0.2) is 42.5 Å². The molecule has 0 aliphatic rings. The van der Waals surface area contributed by atoms with Gasteiger partial charge in [0.05, 0.1) is 11.6 Å². The number of carbonyl (C=O) groups is 2. The molecule has 2 aromatic rings. The van der Waals surface area contributed by atoms with Gasteiger partial charge in [-0.25, -0.2) is 13.6 Å². The fourth-order valence-corrected chi connectivity index (χ4v) is 1.85. The Morgan fingerprint density at radius 2 is 1.83 bits per heavy atom. The minimum Gasteiger partial charge on any atom is -0.457 e. The lowest BCUT2D eigenvalue weighted by atomic mass is 10.2. The van der Waals surface area contributed by atoms with E-state index in [0.29, 0.717) is 5.69 Å². The van der Waals surface area contributed by atoms with Crippen LogP contribution in [0.25, 0.3) is 0 Å². The highest BCUT2D eigenvalue weighted by Gasteiger charge is 2.12. The Bertz CT molecular complexity index is 798. The lowest BCUT2D eigenvalue weighted by Gasteiger charge is -2.07. The van der Waals surface area contributed by atoms with Gasteiger partial charge in [0.2, 0.25) is 5.91 Å². The van der Waals surface area contributed by atoms with Gasteiger partial charge in [-0.1, -0.05) is 12.1 Å². The Morgan fingerprint density at radius 1 is 1.12 bits per heavy atom. The highest BCUT2D eigenvalue weighted by atomic mass is 19.2. The third-order valence-corrected chi connectivity index (χ3v) is 3.03. The fourth-order valence-electron chi connectivity index (χ4n) is 1.85. The van der Waals surface area contributed by atoms with Crippen molar-refractivity contribution < 1.29 is 23.1 Å². The molecule has 0 fully saturated rings. The van der Waals surface area contributed by atoms with E-state index < -0.39 is 30.1 Å². The Kier molecular flexibility index (Phi) is 5.58. The molecule has 1 N–H and O–H groups in total. The van der Waals surface area contributed by atoms with Gasteiger partial charge in [0.1, 0.15) is 13.0 Å². The monoisotopic (exact) mass is 330 g/mol. The van der Waals surface area contributed by atoms with Crippen molar-refractivity contribution in [3.05, 3.63) is 65.2 Å². The molecule has 24 heavy (non-hydrogen) atoms. The van der Waals surface area contributed by atoms with Gasteiger partial charge in [0.15, 0.2) is 11.6 Å². The zero-order chi connectivity index (χ0) is 17.5. The number of amides is 1. The third kappa shape index (κ3) is 4.36. The number of nitriles is 1. The number of hydrogen-bond donors (Lipinski definition) is 1. The smallest absolute Gasteiger partial charge is 0.338 e. The number of nitrogens with one attached hydrogen (secondary N) is 1. The molecule has 2 rings (SSSR count). The van der Waals surface area contributed by atoms with Crippen molar-refractivity contribution in [1.29, 1.82) is 5.26 Å². The van der Waals surface area contributed by atoms with Crippen LogP contribution in [0.1, 0.15) is 22.3 Å². The van der Waals surface area contributed by atoms with Crippen molar-refractivity contribution in [2.75, 3.05) is 5.32 Å². The first-order valence-electron chi connectivity index (χ1n) is 6.88. The highest BCUT2D eigenvalue weighted by molar-refractivity contribution is 5.93. The Morgan fingerprint density at radius 3 is 2.50 bits per heavy atom. The summed E-state index contributed by atoms with van der Waals surface area (Å²) >= 11 is 0. The Hall–Kier alpha value is -3.27. The van der Waals surface area contributed by atoms with Gasteiger partial charge in [-0.05, 0) is 30.3 Å². The second-order valence-corrected chi connectivity index (χ2v) is 4.75. The first kappa shape index (κ1) is 17.1. The molecule has 0 spiro atoms. The van der Waals surface area contributed by atoms with Crippen molar-refractivity contribution in [2.45, 2.75) is 13.0 Å². The Balaban J connectivity index is 1.96. The quantitative estimate of drug-likeness (QED) is 0.854. The van der Waals surface area contributed by atoms with Gasteiger partial charge in [0.25, 0.3) is 0 Å². The van der Waals surface area contributed by atoms with E-state index in [4.69, 9.17) is 10.00 Å². The van der Waals surface area contributed by atoms with Crippen LogP contribution in [-0.4, -0.2) is 11.9 Å². The SMILES string of the molecule is N#CCC(=O)Nc1ccc(C(=O)OCc2cccc(F)c2F)cc1. The number of halogens is 2. The molecule has 0 heterocycles. The normalized spacial score (nSPS) is 9.88. The lowest BCUT2D eigenvalue weighted by molar-refractivity contribution is -0.115. The van der Waals surface area contributed by atoms with Crippen LogP contribution in [-0.2, 0) is 16.1 Å². The number of nitrogens with zero attached hydrogens (tertiary/aromatic N) is 1. The summed E-state index contributed by atoms with van der Waals surface area (Å²) in [6, 6.07) is 11.1. The van der Waals surface area contributed by atoms with Gasteiger partial charge < -0.3 is 10.1 Å². The van der Waals surface area contributed by atoms with Crippen LogP contribution in [0.4, 0.5) is 14.5 Å². The van der Waals surface area contributed by atoms with Crippen LogP contribution in [0.3, 0.4) is 0 Å². The number of carbonyl (C=O) groups excluding carboxylic acids is 2. The first-order valence-corrected chi connectivity index (χ1v) is 6.88. The lowest BCUT2D eigenvalue weighted by Crippen LogP contribution is -2.11.